The zero-order valence-corrected chi connectivity index (χ0v) is 20.7. The van der Waals surface area contributed by atoms with Gasteiger partial charge in [-0.1, -0.05) is 51.2 Å². The number of nitriles is 1. The second-order valence-electron chi connectivity index (χ2n) is 9.08. The largest absolute Gasteiger partial charge is 0.477 e. The summed E-state index contributed by atoms with van der Waals surface area (Å²) in [6, 6.07) is 17.3. The third-order valence-electron chi connectivity index (χ3n) is 6.56. The van der Waals surface area contributed by atoms with Gasteiger partial charge in [0.25, 0.3) is 0 Å². The molecule has 0 aliphatic carbocycles. The number of aryl methyl sites for hydroxylation is 2. The van der Waals surface area contributed by atoms with Crippen LogP contribution in [0.2, 0.25) is 0 Å². The second kappa shape index (κ2) is 11.4. The lowest BCUT2D eigenvalue weighted by molar-refractivity contribution is -0.132. The highest BCUT2D eigenvalue weighted by atomic mass is 32.1. The van der Waals surface area contributed by atoms with Crippen LogP contribution in [0.4, 0.5) is 11.4 Å². The minimum Gasteiger partial charge on any atom is -0.477 e. The first-order valence-electron chi connectivity index (χ1n) is 12.4. The molecule has 1 aromatic heterocycles. The minimum absolute atomic E-state index is 0.237. The second-order valence-corrected chi connectivity index (χ2v) is 10.2. The van der Waals surface area contributed by atoms with Crippen LogP contribution in [-0.2, 0) is 17.6 Å². The maximum absolute atomic E-state index is 11.2. The number of hydrogen-bond acceptors (Lipinski definition) is 4. The molecule has 2 aromatic carbocycles. The molecular formula is C29H32N2O2S. The van der Waals surface area contributed by atoms with E-state index in [1.165, 1.54) is 78.4 Å². The van der Waals surface area contributed by atoms with Crippen molar-refractivity contribution in [1.82, 2.24) is 0 Å². The van der Waals surface area contributed by atoms with Gasteiger partial charge in [-0.05, 0) is 78.6 Å². The van der Waals surface area contributed by atoms with E-state index in [0.29, 0.717) is 0 Å². The van der Waals surface area contributed by atoms with E-state index in [1.54, 1.807) is 6.07 Å². The Balaban J connectivity index is 1.50. The van der Waals surface area contributed by atoms with Crippen LogP contribution in [0.15, 0.2) is 48.0 Å². The van der Waals surface area contributed by atoms with E-state index < -0.39 is 5.97 Å². The number of aliphatic carboxylic acids is 1. The highest BCUT2D eigenvalue weighted by Gasteiger charge is 2.20. The van der Waals surface area contributed by atoms with Crippen LogP contribution in [-0.4, -0.2) is 17.6 Å². The Hall–Kier alpha value is -3.10. The lowest BCUT2D eigenvalue weighted by Gasteiger charge is -2.31. The summed E-state index contributed by atoms with van der Waals surface area (Å²) in [5.74, 6) is -1.19. The summed E-state index contributed by atoms with van der Waals surface area (Å²) in [4.78, 5) is 14.4. The van der Waals surface area contributed by atoms with Crippen LogP contribution in [0, 0.1) is 11.3 Å². The molecule has 0 saturated heterocycles. The molecule has 176 valence electrons. The summed E-state index contributed by atoms with van der Waals surface area (Å²) < 4.78 is 1.11. The number of carboxylic acids is 1. The molecular weight excluding hydrogens is 440 g/mol. The van der Waals surface area contributed by atoms with E-state index in [0.717, 1.165) is 40.8 Å². The van der Waals surface area contributed by atoms with Gasteiger partial charge in [-0.25, -0.2) is 4.79 Å². The van der Waals surface area contributed by atoms with Crippen LogP contribution in [0.1, 0.15) is 67.9 Å². The van der Waals surface area contributed by atoms with Crippen molar-refractivity contribution < 1.29 is 9.90 Å². The van der Waals surface area contributed by atoms with Crippen LogP contribution < -0.4 is 4.90 Å². The Kier molecular flexibility index (Phi) is 8.03. The van der Waals surface area contributed by atoms with E-state index in [1.807, 2.05) is 6.07 Å². The van der Waals surface area contributed by atoms with E-state index in [2.05, 4.69) is 48.2 Å². The Morgan fingerprint density at radius 2 is 1.88 bits per heavy atom. The van der Waals surface area contributed by atoms with Crippen molar-refractivity contribution in [2.75, 3.05) is 11.4 Å². The quantitative estimate of drug-likeness (QED) is 0.185. The first-order valence-corrected chi connectivity index (χ1v) is 13.2. The van der Waals surface area contributed by atoms with Gasteiger partial charge >= 0.3 is 5.97 Å². The summed E-state index contributed by atoms with van der Waals surface area (Å²) in [6.07, 6.45) is 12.7. The molecule has 0 unspecified atom stereocenters. The molecule has 1 aliphatic heterocycles. The molecule has 34 heavy (non-hydrogen) atoms. The number of hydrogen-bond donors (Lipinski definition) is 1. The van der Waals surface area contributed by atoms with Gasteiger partial charge in [-0.15, -0.1) is 11.3 Å². The van der Waals surface area contributed by atoms with Gasteiger partial charge in [0.1, 0.15) is 11.6 Å². The molecule has 0 bridgehead atoms. The number of unbranched alkanes of at least 4 members (excludes halogenated alkanes) is 5. The number of carboxylic acid groups (broad SMARTS) is 1. The molecule has 1 N–H and O–H groups in total. The zero-order valence-electron chi connectivity index (χ0n) is 19.8. The van der Waals surface area contributed by atoms with Crippen molar-refractivity contribution in [3.63, 3.8) is 0 Å². The van der Waals surface area contributed by atoms with Crippen molar-refractivity contribution >= 4 is 44.8 Å². The highest BCUT2D eigenvalue weighted by molar-refractivity contribution is 7.19. The highest BCUT2D eigenvalue weighted by Crippen LogP contribution is 2.39. The van der Waals surface area contributed by atoms with Crippen molar-refractivity contribution in [2.24, 2.45) is 0 Å². The molecule has 0 radical (unpaired) electrons. The number of carbonyl (C=O) groups is 1. The fourth-order valence-corrected chi connectivity index (χ4v) is 5.74. The Morgan fingerprint density at radius 3 is 2.62 bits per heavy atom. The van der Waals surface area contributed by atoms with Gasteiger partial charge in [0.15, 0.2) is 0 Å². The first-order chi connectivity index (χ1) is 16.6. The number of benzene rings is 2. The lowest BCUT2D eigenvalue weighted by atomic mass is 9.99. The van der Waals surface area contributed by atoms with Crippen LogP contribution >= 0.6 is 11.3 Å². The average molecular weight is 473 g/mol. The summed E-state index contributed by atoms with van der Waals surface area (Å²) in [5, 5.41) is 19.3. The third kappa shape index (κ3) is 5.69. The van der Waals surface area contributed by atoms with Gasteiger partial charge in [0, 0.05) is 27.5 Å². The summed E-state index contributed by atoms with van der Waals surface area (Å²) >= 11 is 1.53. The molecule has 3 aromatic rings. The normalized spacial score (nSPS) is 13.6. The molecule has 1 aliphatic rings. The number of fused-ring (bicyclic) bond motifs is 2. The molecule has 0 atom stereocenters. The monoisotopic (exact) mass is 472 g/mol. The molecule has 0 fully saturated rings. The Bertz CT molecular complexity index is 1220. The topological polar surface area (TPSA) is 64.3 Å². The molecule has 4 nitrogen and oxygen atoms in total. The molecule has 4 rings (SSSR count). The number of rotatable bonds is 10. The molecule has 2 heterocycles. The lowest BCUT2D eigenvalue weighted by Crippen LogP contribution is -2.24. The molecule has 0 saturated carbocycles. The van der Waals surface area contributed by atoms with E-state index >= 15 is 0 Å². The third-order valence-corrected chi connectivity index (χ3v) is 7.60. The first kappa shape index (κ1) is 24.0. The molecule has 0 amide bonds. The summed E-state index contributed by atoms with van der Waals surface area (Å²) in [5.41, 5.74) is 4.95. The van der Waals surface area contributed by atoms with Gasteiger partial charge in [0.2, 0.25) is 0 Å². The number of thiophene rings is 1. The predicted molar refractivity (Wildman–Crippen MR) is 142 cm³/mol. The van der Waals surface area contributed by atoms with Crippen molar-refractivity contribution in [3.05, 3.63) is 64.0 Å². The summed E-state index contributed by atoms with van der Waals surface area (Å²) in [7, 11) is 0. The molecule has 0 spiro atoms. The van der Waals surface area contributed by atoms with Crippen LogP contribution in [0.5, 0.6) is 0 Å². The van der Waals surface area contributed by atoms with Crippen LogP contribution in [0.25, 0.3) is 16.2 Å². The number of anilines is 2. The van der Waals surface area contributed by atoms with E-state index in [4.69, 9.17) is 10.4 Å². The smallest absolute Gasteiger partial charge is 0.346 e. The predicted octanol–water partition coefficient (Wildman–Crippen LogP) is 7.88. The van der Waals surface area contributed by atoms with Gasteiger partial charge in [0.05, 0.1) is 0 Å². The van der Waals surface area contributed by atoms with Crippen LogP contribution in [0.3, 0.4) is 0 Å². The fourth-order valence-electron chi connectivity index (χ4n) is 4.72. The molecule has 5 heteroatoms. The van der Waals surface area contributed by atoms with Crippen molar-refractivity contribution in [1.29, 1.82) is 5.26 Å². The SMILES string of the molecule is CCCCCCCCc1ccc(N2CCCc3cc4cc(C=C(C#N)C(=O)O)sc4cc32)cc1. The van der Waals surface area contributed by atoms with E-state index in [-0.39, 0.29) is 5.57 Å². The average Bonchev–Trinajstić information content (AvgIpc) is 3.24. The Labute approximate surface area is 206 Å². The fraction of sp³-hybridized carbons (Fsp3) is 0.379. The zero-order chi connectivity index (χ0) is 23.9. The van der Waals surface area contributed by atoms with Crippen molar-refractivity contribution in [2.45, 2.75) is 64.7 Å². The van der Waals surface area contributed by atoms with E-state index in [9.17, 15) is 4.79 Å². The Morgan fingerprint density at radius 1 is 1.12 bits per heavy atom. The number of nitrogens with zero attached hydrogens (tertiary/aromatic N) is 2. The summed E-state index contributed by atoms with van der Waals surface area (Å²) in [6.45, 7) is 3.25. The standard InChI is InChI=1S/C29H32N2O2S/c1-2-3-4-5-6-7-9-21-11-13-25(14-12-21)31-15-8-10-22-16-23-17-26(18-24(20-30)29(32)33)34-28(23)19-27(22)31/h11-14,16-19H,2-10,15H2,1H3,(H,32,33). The van der Waals surface area contributed by atoms with Crippen molar-refractivity contribution in [3.8, 4) is 6.07 Å². The maximum Gasteiger partial charge on any atom is 0.346 e. The van der Waals surface area contributed by atoms with Gasteiger partial charge in [-0.2, -0.15) is 5.26 Å². The van der Waals surface area contributed by atoms with Gasteiger partial charge < -0.3 is 10.0 Å². The van der Waals surface area contributed by atoms with Gasteiger partial charge in [-0.3, -0.25) is 0 Å². The minimum atomic E-state index is -1.19. The maximum atomic E-state index is 11.2.